The van der Waals surface area contributed by atoms with Gasteiger partial charge in [-0.3, -0.25) is 0 Å². The van der Waals surface area contributed by atoms with Crippen molar-refractivity contribution in [3.8, 4) is 5.75 Å². The van der Waals surface area contributed by atoms with Crippen LogP contribution in [0.3, 0.4) is 0 Å². The number of hydrogen-bond donors (Lipinski definition) is 1. The lowest BCUT2D eigenvalue weighted by molar-refractivity contribution is 0.163. The van der Waals surface area contributed by atoms with Gasteiger partial charge in [-0.2, -0.15) is 0 Å². The van der Waals surface area contributed by atoms with Gasteiger partial charge in [0, 0.05) is 0 Å². The maximum Gasteiger partial charge on any atom is 0.119 e. The van der Waals surface area contributed by atoms with E-state index in [1.165, 1.54) is 19.3 Å². The van der Waals surface area contributed by atoms with E-state index in [0.29, 0.717) is 0 Å². The first-order chi connectivity index (χ1) is 9.27. The molecule has 19 heavy (non-hydrogen) atoms. The number of ether oxygens (including phenoxy) is 1. The number of aliphatic hydroxyl groups excluding tert-OH is 1. The van der Waals surface area contributed by atoms with Crippen molar-refractivity contribution >= 4 is 0 Å². The molecule has 0 heterocycles. The van der Waals surface area contributed by atoms with Crippen LogP contribution in [0, 0.1) is 0 Å². The van der Waals surface area contributed by atoms with Crippen LogP contribution >= 0.6 is 0 Å². The number of unbranched alkanes of at least 4 members (excludes halogenated alkanes) is 4. The molecule has 0 aromatic heterocycles. The molecule has 2 heteroatoms. The standard InChI is InChI=1S/C17H28O2/c1-3-5-7-8-9-17(18)15-10-12-16(13-11-15)19-14-6-4-2/h10-13,17-18H,3-9,14H2,1-2H3. The molecule has 0 aliphatic rings. The highest BCUT2D eigenvalue weighted by molar-refractivity contribution is 5.28. The molecule has 1 atom stereocenters. The maximum absolute atomic E-state index is 10.1. The molecule has 0 saturated carbocycles. The third-order valence-electron chi connectivity index (χ3n) is 3.36. The van der Waals surface area contributed by atoms with E-state index in [9.17, 15) is 5.11 Å². The fraction of sp³-hybridized carbons (Fsp3) is 0.647. The summed E-state index contributed by atoms with van der Waals surface area (Å²) in [6, 6.07) is 7.87. The van der Waals surface area contributed by atoms with E-state index in [1.54, 1.807) is 0 Å². The Morgan fingerprint density at radius 2 is 1.63 bits per heavy atom. The summed E-state index contributed by atoms with van der Waals surface area (Å²) in [5.74, 6) is 0.899. The van der Waals surface area contributed by atoms with E-state index in [1.807, 2.05) is 24.3 Å². The van der Waals surface area contributed by atoms with Gasteiger partial charge in [-0.05, 0) is 30.5 Å². The zero-order valence-corrected chi connectivity index (χ0v) is 12.4. The van der Waals surface area contributed by atoms with Crippen LogP contribution < -0.4 is 4.74 Å². The second kappa shape index (κ2) is 9.85. The smallest absolute Gasteiger partial charge is 0.119 e. The molecule has 0 spiro atoms. The Labute approximate surface area is 117 Å². The van der Waals surface area contributed by atoms with Gasteiger partial charge in [-0.15, -0.1) is 0 Å². The summed E-state index contributed by atoms with van der Waals surface area (Å²) in [5.41, 5.74) is 0.999. The minimum absolute atomic E-state index is 0.332. The first kappa shape index (κ1) is 16.0. The third-order valence-corrected chi connectivity index (χ3v) is 3.36. The van der Waals surface area contributed by atoms with E-state index >= 15 is 0 Å². The minimum Gasteiger partial charge on any atom is -0.494 e. The molecule has 0 amide bonds. The zero-order chi connectivity index (χ0) is 13.9. The number of hydrogen-bond acceptors (Lipinski definition) is 2. The molecule has 0 bridgehead atoms. The summed E-state index contributed by atoms with van der Waals surface area (Å²) in [6.45, 7) is 5.13. The Kier molecular flexibility index (Phi) is 8.31. The van der Waals surface area contributed by atoms with Crippen LogP contribution in [0.1, 0.15) is 70.5 Å². The Morgan fingerprint density at radius 3 is 2.26 bits per heavy atom. The highest BCUT2D eigenvalue weighted by Gasteiger charge is 2.07. The van der Waals surface area contributed by atoms with E-state index in [-0.39, 0.29) is 6.10 Å². The predicted molar refractivity (Wildman–Crippen MR) is 80.6 cm³/mol. The summed E-state index contributed by atoms with van der Waals surface area (Å²) in [6.07, 6.45) is 7.57. The van der Waals surface area contributed by atoms with Crippen LogP contribution in [-0.4, -0.2) is 11.7 Å². The van der Waals surface area contributed by atoms with Crippen molar-refractivity contribution in [2.24, 2.45) is 0 Å². The van der Waals surface area contributed by atoms with Crippen molar-refractivity contribution in [3.63, 3.8) is 0 Å². The molecule has 1 aromatic carbocycles. The molecule has 1 unspecified atom stereocenters. The second-order valence-electron chi connectivity index (χ2n) is 5.14. The van der Waals surface area contributed by atoms with Crippen molar-refractivity contribution in [1.82, 2.24) is 0 Å². The normalized spacial score (nSPS) is 12.4. The topological polar surface area (TPSA) is 29.5 Å². The van der Waals surface area contributed by atoms with E-state index in [4.69, 9.17) is 4.74 Å². The Bertz CT molecular complexity index is 319. The quantitative estimate of drug-likeness (QED) is 0.611. The fourth-order valence-electron chi connectivity index (χ4n) is 2.05. The van der Waals surface area contributed by atoms with Gasteiger partial charge in [0.05, 0.1) is 12.7 Å². The number of benzene rings is 1. The molecular formula is C17H28O2. The first-order valence-electron chi connectivity index (χ1n) is 7.68. The lowest BCUT2D eigenvalue weighted by Crippen LogP contribution is -1.99. The molecule has 108 valence electrons. The average molecular weight is 264 g/mol. The van der Waals surface area contributed by atoms with Crippen LogP contribution in [0.2, 0.25) is 0 Å². The molecule has 2 nitrogen and oxygen atoms in total. The number of aliphatic hydroxyl groups is 1. The van der Waals surface area contributed by atoms with Crippen LogP contribution in [0.5, 0.6) is 5.75 Å². The maximum atomic E-state index is 10.1. The van der Waals surface area contributed by atoms with E-state index in [0.717, 1.165) is 43.6 Å². The summed E-state index contributed by atoms with van der Waals surface area (Å²) in [4.78, 5) is 0. The van der Waals surface area contributed by atoms with Gasteiger partial charge in [0.25, 0.3) is 0 Å². The van der Waals surface area contributed by atoms with Crippen LogP contribution in [0.4, 0.5) is 0 Å². The average Bonchev–Trinajstić information content (AvgIpc) is 2.44. The fourth-order valence-corrected chi connectivity index (χ4v) is 2.05. The molecule has 0 fully saturated rings. The molecule has 0 aliphatic carbocycles. The SMILES string of the molecule is CCCCCCC(O)c1ccc(OCCCC)cc1. The molecule has 1 N–H and O–H groups in total. The van der Waals surface area contributed by atoms with Crippen LogP contribution in [0.15, 0.2) is 24.3 Å². The Balaban J connectivity index is 2.33. The first-order valence-corrected chi connectivity index (χ1v) is 7.68. The van der Waals surface area contributed by atoms with Gasteiger partial charge < -0.3 is 9.84 Å². The highest BCUT2D eigenvalue weighted by Crippen LogP contribution is 2.22. The second-order valence-corrected chi connectivity index (χ2v) is 5.14. The Hall–Kier alpha value is -1.02. The van der Waals surface area contributed by atoms with Crippen LogP contribution in [0.25, 0.3) is 0 Å². The summed E-state index contributed by atoms with van der Waals surface area (Å²) < 4.78 is 5.61. The summed E-state index contributed by atoms with van der Waals surface area (Å²) in [7, 11) is 0. The third kappa shape index (κ3) is 6.63. The van der Waals surface area contributed by atoms with Crippen molar-refractivity contribution in [2.45, 2.75) is 64.9 Å². The van der Waals surface area contributed by atoms with Crippen molar-refractivity contribution in [2.75, 3.05) is 6.61 Å². The lowest BCUT2D eigenvalue weighted by Gasteiger charge is -2.12. The van der Waals surface area contributed by atoms with Crippen molar-refractivity contribution < 1.29 is 9.84 Å². The molecule has 1 rings (SSSR count). The summed E-state index contributed by atoms with van der Waals surface area (Å²) in [5, 5.41) is 10.1. The van der Waals surface area contributed by atoms with Gasteiger partial charge >= 0.3 is 0 Å². The monoisotopic (exact) mass is 264 g/mol. The molecule has 0 saturated heterocycles. The van der Waals surface area contributed by atoms with E-state index < -0.39 is 0 Å². The van der Waals surface area contributed by atoms with Gasteiger partial charge in [0.1, 0.15) is 5.75 Å². The summed E-state index contributed by atoms with van der Waals surface area (Å²) >= 11 is 0. The molecule has 0 aliphatic heterocycles. The van der Waals surface area contributed by atoms with Crippen LogP contribution in [-0.2, 0) is 0 Å². The molecule has 0 radical (unpaired) electrons. The lowest BCUT2D eigenvalue weighted by atomic mass is 10.0. The minimum atomic E-state index is -0.332. The van der Waals surface area contributed by atoms with Gasteiger partial charge in [-0.1, -0.05) is 58.1 Å². The predicted octanol–water partition coefficient (Wildman–Crippen LogP) is 4.87. The van der Waals surface area contributed by atoms with Crippen molar-refractivity contribution in [1.29, 1.82) is 0 Å². The van der Waals surface area contributed by atoms with Gasteiger partial charge in [0.15, 0.2) is 0 Å². The van der Waals surface area contributed by atoms with E-state index in [2.05, 4.69) is 13.8 Å². The van der Waals surface area contributed by atoms with Gasteiger partial charge in [-0.25, -0.2) is 0 Å². The Morgan fingerprint density at radius 1 is 0.947 bits per heavy atom. The highest BCUT2D eigenvalue weighted by atomic mass is 16.5. The molecular weight excluding hydrogens is 236 g/mol. The number of rotatable bonds is 10. The molecule has 1 aromatic rings. The van der Waals surface area contributed by atoms with Crippen molar-refractivity contribution in [3.05, 3.63) is 29.8 Å². The van der Waals surface area contributed by atoms with Gasteiger partial charge in [0.2, 0.25) is 0 Å². The zero-order valence-electron chi connectivity index (χ0n) is 12.4. The largest absolute Gasteiger partial charge is 0.494 e.